The molecule has 14 heavy (non-hydrogen) atoms. The monoisotopic (exact) mass is 199 g/mol. The summed E-state index contributed by atoms with van der Waals surface area (Å²) in [5.41, 5.74) is 0. The van der Waals surface area contributed by atoms with Crippen molar-refractivity contribution in [2.45, 2.75) is 71.1 Å². The van der Waals surface area contributed by atoms with E-state index < -0.39 is 0 Å². The Kier molecular flexibility index (Phi) is 4.90. The molecule has 84 valence electrons. The van der Waals surface area contributed by atoms with Crippen molar-refractivity contribution in [1.82, 2.24) is 4.90 Å². The summed E-state index contributed by atoms with van der Waals surface area (Å²) in [5, 5.41) is 9.97. The average molecular weight is 199 g/mol. The van der Waals surface area contributed by atoms with Gasteiger partial charge in [-0.25, -0.2) is 0 Å². The van der Waals surface area contributed by atoms with Gasteiger partial charge in [-0.1, -0.05) is 19.8 Å². The molecule has 1 fully saturated rings. The third-order valence-corrected chi connectivity index (χ3v) is 3.27. The van der Waals surface area contributed by atoms with E-state index in [0.717, 1.165) is 13.0 Å². The van der Waals surface area contributed by atoms with Crippen LogP contribution in [0.15, 0.2) is 0 Å². The van der Waals surface area contributed by atoms with Crippen molar-refractivity contribution < 1.29 is 5.11 Å². The molecule has 0 aromatic rings. The van der Waals surface area contributed by atoms with Gasteiger partial charge in [0.15, 0.2) is 0 Å². The SMILES string of the molecule is CCCN(C(C)C)C1CCCCC1O. The van der Waals surface area contributed by atoms with Crippen LogP contribution >= 0.6 is 0 Å². The lowest BCUT2D eigenvalue weighted by molar-refractivity contribution is 0.00500. The van der Waals surface area contributed by atoms with Gasteiger partial charge in [-0.15, -0.1) is 0 Å². The second-order valence-corrected chi connectivity index (χ2v) is 4.75. The quantitative estimate of drug-likeness (QED) is 0.751. The molecule has 1 N–H and O–H groups in total. The van der Waals surface area contributed by atoms with Crippen molar-refractivity contribution in [2.75, 3.05) is 6.54 Å². The Balaban J connectivity index is 2.55. The molecular formula is C12H25NO. The molecule has 0 heterocycles. The third-order valence-electron chi connectivity index (χ3n) is 3.27. The van der Waals surface area contributed by atoms with Gasteiger partial charge in [0.05, 0.1) is 6.10 Å². The first kappa shape index (κ1) is 12.0. The summed E-state index contributed by atoms with van der Waals surface area (Å²) < 4.78 is 0. The van der Waals surface area contributed by atoms with Gasteiger partial charge in [0.2, 0.25) is 0 Å². The van der Waals surface area contributed by atoms with Crippen molar-refractivity contribution >= 4 is 0 Å². The molecule has 0 amide bonds. The molecule has 1 aliphatic rings. The van der Waals surface area contributed by atoms with Crippen molar-refractivity contribution in [2.24, 2.45) is 0 Å². The molecule has 2 heteroatoms. The Morgan fingerprint density at radius 3 is 2.43 bits per heavy atom. The summed E-state index contributed by atoms with van der Waals surface area (Å²) in [7, 11) is 0. The highest BCUT2D eigenvalue weighted by atomic mass is 16.3. The van der Waals surface area contributed by atoms with Crippen LogP contribution in [0.5, 0.6) is 0 Å². The van der Waals surface area contributed by atoms with E-state index in [1.807, 2.05) is 0 Å². The van der Waals surface area contributed by atoms with Crippen molar-refractivity contribution in [1.29, 1.82) is 0 Å². The molecular weight excluding hydrogens is 174 g/mol. The topological polar surface area (TPSA) is 23.5 Å². The normalized spacial score (nSPS) is 28.7. The minimum Gasteiger partial charge on any atom is -0.391 e. The van der Waals surface area contributed by atoms with Gasteiger partial charge >= 0.3 is 0 Å². The van der Waals surface area contributed by atoms with Crippen LogP contribution in [0.2, 0.25) is 0 Å². The molecule has 1 rings (SSSR count). The molecule has 0 aromatic carbocycles. The second-order valence-electron chi connectivity index (χ2n) is 4.75. The first-order valence-electron chi connectivity index (χ1n) is 6.10. The summed E-state index contributed by atoms with van der Waals surface area (Å²) in [6, 6.07) is 0.983. The van der Waals surface area contributed by atoms with Gasteiger partial charge in [-0.05, 0) is 39.7 Å². The van der Waals surface area contributed by atoms with Gasteiger partial charge < -0.3 is 5.11 Å². The second kappa shape index (κ2) is 5.72. The first-order chi connectivity index (χ1) is 6.66. The molecule has 0 radical (unpaired) electrons. The maximum atomic E-state index is 9.97. The van der Waals surface area contributed by atoms with Crippen LogP contribution in [0.1, 0.15) is 52.9 Å². The van der Waals surface area contributed by atoms with Crippen LogP contribution in [0.3, 0.4) is 0 Å². The van der Waals surface area contributed by atoms with E-state index >= 15 is 0 Å². The molecule has 2 atom stereocenters. The zero-order valence-corrected chi connectivity index (χ0v) is 9.87. The first-order valence-corrected chi connectivity index (χ1v) is 6.10. The zero-order chi connectivity index (χ0) is 10.6. The van der Waals surface area contributed by atoms with Gasteiger partial charge in [0.1, 0.15) is 0 Å². The van der Waals surface area contributed by atoms with E-state index in [4.69, 9.17) is 0 Å². The lowest BCUT2D eigenvalue weighted by atomic mass is 9.90. The number of hydrogen-bond donors (Lipinski definition) is 1. The maximum Gasteiger partial charge on any atom is 0.0695 e. The summed E-state index contributed by atoms with van der Waals surface area (Å²) in [5.74, 6) is 0. The molecule has 0 aromatic heterocycles. The average Bonchev–Trinajstić information content (AvgIpc) is 2.15. The van der Waals surface area contributed by atoms with E-state index in [-0.39, 0.29) is 6.10 Å². The number of aliphatic hydroxyl groups excluding tert-OH is 1. The van der Waals surface area contributed by atoms with Crippen LogP contribution in [-0.2, 0) is 0 Å². The highest BCUT2D eigenvalue weighted by Gasteiger charge is 2.29. The van der Waals surface area contributed by atoms with Gasteiger partial charge in [0.25, 0.3) is 0 Å². The Morgan fingerprint density at radius 1 is 1.29 bits per heavy atom. The molecule has 0 saturated heterocycles. The van der Waals surface area contributed by atoms with Gasteiger partial charge in [-0.3, -0.25) is 4.90 Å². The summed E-state index contributed by atoms with van der Waals surface area (Å²) in [6.45, 7) is 7.80. The molecule has 0 spiro atoms. The number of hydrogen-bond acceptors (Lipinski definition) is 2. The van der Waals surface area contributed by atoms with Crippen LogP contribution in [0.4, 0.5) is 0 Å². The van der Waals surface area contributed by atoms with Crippen LogP contribution in [0.25, 0.3) is 0 Å². The lowest BCUT2D eigenvalue weighted by Gasteiger charge is -2.40. The number of rotatable bonds is 4. The zero-order valence-electron chi connectivity index (χ0n) is 9.87. The van der Waals surface area contributed by atoms with E-state index in [0.29, 0.717) is 12.1 Å². The van der Waals surface area contributed by atoms with E-state index in [1.165, 1.54) is 25.7 Å². The number of aliphatic hydroxyl groups is 1. The van der Waals surface area contributed by atoms with E-state index in [1.54, 1.807) is 0 Å². The highest BCUT2D eigenvalue weighted by molar-refractivity contribution is 4.84. The molecule has 2 nitrogen and oxygen atoms in total. The van der Waals surface area contributed by atoms with Gasteiger partial charge in [-0.2, -0.15) is 0 Å². The molecule has 0 bridgehead atoms. The van der Waals surface area contributed by atoms with Crippen molar-refractivity contribution in [3.63, 3.8) is 0 Å². The molecule has 1 aliphatic carbocycles. The van der Waals surface area contributed by atoms with Crippen LogP contribution < -0.4 is 0 Å². The Morgan fingerprint density at radius 2 is 1.93 bits per heavy atom. The van der Waals surface area contributed by atoms with Crippen molar-refractivity contribution in [3.8, 4) is 0 Å². The molecule has 1 saturated carbocycles. The maximum absolute atomic E-state index is 9.97. The predicted octanol–water partition coefficient (Wildman–Crippen LogP) is 2.41. The standard InChI is InChI=1S/C12H25NO/c1-4-9-13(10(2)3)11-7-5-6-8-12(11)14/h10-12,14H,4-9H2,1-3H3. The third kappa shape index (κ3) is 2.96. The van der Waals surface area contributed by atoms with Crippen molar-refractivity contribution in [3.05, 3.63) is 0 Å². The summed E-state index contributed by atoms with van der Waals surface area (Å²) in [6.07, 6.45) is 5.76. The number of nitrogens with zero attached hydrogens (tertiary/aromatic N) is 1. The lowest BCUT2D eigenvalue weighted by Crippen LogP contribution is -2.48. The smallest absolute Gasteiger partial charge is 0.0695 e. The Bertz CT molecular complexity index is 156. The summed E-state index contributed by atoms with van der Waals surface area (Å²) >= 11 is 0. The largest absolute Gasteiger partial charge is 0.391 e. The van der Waals surface area contributed by atoms with E-state index in [2.05, 4.69) is 25.7 Å². The molecule has 0 aliphatic heterocycles. The summed E-state index contributed by atoms with van der Waals surface area (Å²) in [4.78, 5) is 2.48. The van der Waals surface area contributed by atoms with E-state index in [9.17, 15) is 5.11 Å². The minimum absolute atomic E-state index is 0.0855. The van der Waals surface area contributed by atoms with Crippen LogP contribution in [0, 0.1) is 0 Å². The fourth-order valence-electron chi connectivity index (χ4n) is 2.54. The van der Waals surface area contributed by atoms with Crippen LogP contribution in [-0.4, -0.2) is 34.7 Å². The van der Waals surface area contributed by atoms with Gasteiger partial charge in [0, 0.05) is 12.1 Å². The fourth-order valence-corrected chi connectivity index (χ4v) is 2.54. The molecule has 2 unspecified atom stereocenters. The predicted molar refractivity (Wildman–Crippen MR) is 60.4 cm³/mol. The Hall–Kier alpha value is -0.0800. The minimum atomic E-state index is -0.0855. The Labute approximate surface area is 88.3 Å². The highest BCUT2D eigenvalue weighted by Crippen LogP contribution is 2.24. The fraction of sp³-hybridized carbons (Fsp3) is 1.00.